The number of aliphatic carboxylic acids is 1. The van der Waals surface area contributed by atoms with Crippen molar-refractivity contribution in [2.45, 2.75) is 59.0 Å². The molecule has 0 radical (unpaired) electrons. The highest BCUT2D eigenvalue weighted by Crippen LogP contribution is 2.49. The second-order valence-electron chi connectivity index (χ2n) is 9.52. The van der Waals surface area contributed by atoms with Crippen LogP contribution >= 0.6 is 11.6 Å². The first-order chi connectivity index (χ1) is 16.1. The molecule has 1 atom stereocenters. The smallest absolute Gasteiger partial charge is 0.337 e. The van der Waals surface area contributed by atoms with E-state index in [0.29, 0.717) is 18.1 Å². The van der Waals surface area contributed by atoms with E-state index < -0.39 is 12.3 Å². The molecule has 1 saturated heterocycles. The van der Waals surface area contributed by atoms with Gasteiger partial charge in [-0.15, -0.1) is 0 Å². The molecule has 2 aromatic rings. The fraction of sp³-hybridized carbons (Fsp3) is 0.440. The highest BCUT2D eigenvalue weighted by molar-refractivity contribution is 6.30. The lowest BCUT2D eigenvalue weighted by molar-refractivity contribution is -0.138. The molecule has 3 N–H and O–H groups in total. The molecule has 0 bridgehead atoms. The molecule has 0 spiro atoms. The number of rotatable bonds is 10. The van der Waals surface area contributed by atoms with Crippen LogP contribution in [0.5, 0.6) is 5.75 Å². The van der Waals surface area contributed by atoms with E-state index in [1.165, 1.54) is 0 Å². The van der Waals surface area contributed by atoms with Crippen molar-refractivity contribution < 1.29 is 19.4 Å². The van der Waals surface area contributed by atoms with E-state index in [1.54, 1.807) is 22.0 Å². The first kappa shape index (κ1) is 24.2. The lowest BCUT2D eigenvalue weighted by atomic mass is 10.0. The first-order valence-electron chi connectivity index (χ1n) is 11.5. The summed E-state index contributed by atoms with van der Waals surface area (Å²) in [6.45, 7) is 6.68. The molecule has 4 rings (SSSR count). The third-order valence-corrected chi connectivity index (χ3v) is 6.40. The van der Waals surface area contributed by atoms with Crippen LogP contribution in [0.4, 0.5) is 10.5 Å². The molecule has 1 heterocycles. The van der Waals surface area contributed by atoms with E-state index in [4.69, 9.17) is 16.3 Å². The van der Waals surface area contributed by atoms with Crippen molar-refractivity contribution in [1.29, 1.82) is 0 Å². The number of halogens is 1. The van der Waals surface area contributed by atoms with Gasteiger partial charge < -0.3 is 15.2 Å². The number of ether oxygens (including phenoxy) is 1. The number of hydrazine groups is 1. The number of urea groups is 1. The summed E-state index contributed by atoms with van der Waals surface area (Å²) in [7, 11) is 0. The topological polar surface area (TPSA) is 94.1 Å². The molecule has 182 valence electrons. The molecule has 1 aliphatic heterocycles. The van der Waals surface area contributed by atoms with Crippen LogP contribution in [0.15, 0.2) is 42.5 Å². The molecule has 0 aromatic heterocycles. The SMILES string of the molecule is Cc1cc(NC2NN(CC3(CC(=O)O)CC3)C(=O)N2Cc2ccc(Cl)cc2)ccc1OC(C)C. The number of carbonyl (C=O) groups excluding carboxylic acids is 1. The number of nitrogens with zero attached hydrogens (tertiary/aromatic N) is 2. The Morgan fingerprint density at radius 3 is 2.56 bits per heavy atom. The normalized spacial score (nSPS) is 19.0. The van der Waals surface area contributed by atoms with Crippen LogP contribution in [-0.2, 0) is 11.3 Å². The van der Waals surface area contributed by atoms with E-state index in [2.05, 4.69) is 10.7 Å². The Labute approximate surface area is 204 Å². The molecule has 2 aromatic carbocycles. The minimum Gasteiger partial charge on any atom is -0.491 e. The zero-order chi connectivity index (χ0) is 24.5. The Morgan fingerprint density at radius 1 is 1.26 bits per heavy atom. The summed E-state index contributed by atoms with van der Waals surface area (Å²) in [4.78, 5) is 26.4. The molecule has 1 saturated carbocycles. The van der Waals surface area contributed by atoms with Gasteiger partial charge in [0, 0.05) is 22.7 Å². The summed E-state index contributed by atoms with van der Waals surface area (Å²) in [6.07, 6.45) is 1.24. The zero-order valence-corrected chi connectivity index (χ0v) is 20.4. The highest BCUT2D eigenvalue weighted by Gasteiger charge is 2.49. The van der Waals surface area contributed by atoms with Gasteiger partial charge in [0.05, 0.1) is 19.1 Å². The number of carboxylic acid groups (broad SMARTS) is 1. The van der Waals surface area contributed by atoms with Gasteiger partial charge >= 0.3 is 12.0 Å². The Balaban J connectivity index is 1.53. The van der Waals surface area contributed by atoms with Crippen molar-refractivity contribution in [3.63, 3.8) is 0 Å². The Bertz CT molecular complexity index is 1060. The number of carbonyl (C=O) groups is 2. The minimum absolute atomic E-state index is 0.0598. The van der Waals surface area contributed by atoms with E-state index in [-0.39, 0.29) is 24.0 Å². The quantitative estimate of drug-likeness (QED) is 0.445. The molecule has 2 fully saturated rings. The maximum Gasteiger partial charge on any atom is 0.337 e. The molecule has 34 heavy (non-hydrogen) atoms. The van der Waals surface area contributed by atoms with Gasteiger partial charge in [-0.05, 0) is 75.1 Å². The van der Waals surface area contributed by atoms with Crippen LogP contribution in [0.25, 0.3) is 0 Å². The number of benzene rings is 2. The molecule has 1 aliphatic carbocycles. The van der Waals surface area contributed by atoms with E-state index in [9.17, 15) is 14.7 Å². The molecule has 2 aliphatic rings. The fourth-order valence-corrected chi connectivity index (χ4v) is 4.34. The second-order valence-corrected chi connectivity index (χ2v) is 9.95. The summed E-state index contributed by atoms with van der Waals surface area (Å²) in [6, 6.07) is 13.0. The predicted molar refractivity (Wildman–Crippen MR) is 131 cm³/mol. The molecule has 2 amide bonds. The fourth-order valence-electron chi connectivity index (χ4n) is 4.21. The van der Waals surface area contributed by atoms with Crippen molar-refractivity contribution in [1.82, 2.24) is 15.3 Å². The third kappa shape index (κ3) is 5.74. The average Bonchev–Trinajstić information content (AvgIpc) is 3.45. The van der Waals surface area contributed by atoms with E-state index in [0.717, 1.165) is 35.4 Å². The maximum absolute atomic E-state index is 13.4. The Kier molecular flexibility index (Phi) is 6.91. The van der Waals surface area contributed by atoms with Crippen molar-refractivity contribution >= 4 is 29.3 Å². The summed E-state index contributed by atoms with van der Waals surface area (Å²) >= 11 is 6.02. The number of aryl methyl sites for hydroxylation is 1. The van der Waals surface area contributed by atoms with E-state index in [1.807, 2.05) is 51.1 Å². The minimum atomic E-state index is -0.837. The first-order valence-corrected chi connectivity index (χ1v) is 11.9. The van der Waals surface area contributed by atoms with Gasteiger partial charge in [-0.25, -0.2) is 4.79 Å². The van der Waals surface area contributed by atoms with Crippen molar-refractivity contribution in [2.75, 3.05) is 11.9 Å². The van der Waals surface area contributed by atoms with Gasteiger partial charge in [0.1, 0.15) is 5.75 Å². The Morgan fingerprint density at radius 2 is 1.97 bits per heavy atom. The maximum atomic E-state index is 13.4. The van der Waals surface area contributed by atoms with Gasteiger partial charge in [-0.2, -0.15) is 5.43 Å². The number of hydrogen-bond donors (Lipinski definition) is 3. The number of anilines is 1. The van der Waals surface area contributed by atoms with E-state index >= 15 is 0 Å². The van der Waals surface area contributed by atoms with Gasteiger partial charge in [0.15, 0.2) is 6.29 Å². The van der Waals surface area contributed by atoms with Crippen LogP contribution in [-0.4, -0.2) is 46.0 Å². The van der Waals surface area contributed by atoms with Gasteiger partial charge in [0.2, 0.25) is 0 Å². The number of hydrogen-bond acceptors (Lipinski definition) is 5. The van der Waals surface area contributed by atoms with Crippen molar-refractivity contribution in [3.8, 4) is 5.75 Å². The zero-order valence-electron chi connectivity index (χ0n) is 19.7. The lowest BCUT2D eigenvalue weighted by Crippen LogP contribution is -2.45. The monoisotopic (exact) mass is 486 g/mol. The Hall–Kier alpha value is -2.97. The largest absolute Gasteiger partial charge is 0.491 e. The summed E-state index contributed by atoms with van der Waals surface area (Å²) in [5, 5.41) is 14.9. The summed E-state index contributed by atoms with van der Waals surface area (Å²) in [5.74, 6) is -0.0176. The molecular weight excluding hydrogens is 456 g/mol. The van der Waals surface area contributed by atoms with Gasteiger partial charge in [-0.3, -0.25) is 14.7 Å². The molecular formula is C25H31ClN4O4. The molecule has 9 heteroatoms. The number of carboxylic acids is 1. The summed E-state index contributed by atoms with van der Waals surface area (Å²) in [5.41, 5.74) is 5.67. The highest BCUT2D eigenvalue weighted by atomic mass is 35.5. The number of amides is 2. The van der Waals surface area contributed by atoms with Crippen LogP contribution in [0.1, 0.15) is 44.2 Å². The third-order valence-electron chi connectivity index (χ3n) is 6.15. The van der Waals surface area contributed by atoms with Crippen LogP contribution in [0.3, 0.4) is 0 Å². The van der Waals surface area contributed by atoms with Crippen LogP contribution in [0.2, 0.25) is 5.02 Å². The number of nitrogens with one attached hydrogen (secondary N) is 2. The lowest BCUT2D eigenvalue weighted by Gasteiger charge is -2.24. The van der Waals surface area contributed by atoms with Crippen LogP contribution < -0.4 is 15.5 Å². The standard InChI is InChI=1S/C25H31ClN4O4/c1-16(2)34-21-9-8-20(12-17(21)3)27-23-28-30(15-25(10-11-25)13-22(31)32)24(33)29(23)14-18-4-6-19(26)7-5-18/h4-9,12,16,23,27-28H,10-11,13-15H2,1-3H3,(H,31,32). The van der Waals surface area contributed by atoms with Crippen molar-refractivity contribution in [3.05, 3.63) is 58.6 Å². The summed E-state index contributed by atoms with van der Waals surface area (Å²) < 4.78 is 5.83. The molecule has 8 nitrogen and oxygen atoms in total. The average molecular weight is 487 g/mol. The van der Waals surface area contributed by atoms with Gasteiger partial charge in [0.25, 0.3) is 0 Å². The van der Waals surface area contributed by atoms with Crippen LogP contribution in [0, 0.1) is 12.3 Å². The predicted octanol–water partition coefficient (Wildman–Crippen LogP) is 4.83. The van der Waals surface area contributed by atoms with Gasteiger partial charge in [-0.1, -0.05) is 23.7 Å². The second kappa shape index (κ2) is 9.72. The molecule has 1 unspecified atom stereocenters. The van der Waals surface area contributed by atoms with Crippen molar-refractivity contribution in [2.24, 2.45) is 5.41 Å².